The summed E-state index contributed by atoms with van der Waals surface area (Å²) < 4.78 is 5.68. The van der Waals surface area contributed by atoms with Gasteiger partial charge in [0.05, 0.1) is 5.56 Å². The predicted octanol–water partition coefficient (Wildman–Crippen LogP) is 4.88. The first-order valence-corrected chi connectivity index (χ1v) is 7.18. The number of rotatable bonds is 3. The van der Waals surface area contributed by atoms with Crippen LogP contribution in [0.5, 0.6) is 5.75 Å². The van der Waals surface area contributed by atoms with Crippen molar-refractivity contribution in [3.63, 3.8) is 0 Å². The molecule has 3 rings (SSSR count). The van der Waals surface area contributed by atoms with Crippen molar-refractivity contribution in [1.82, 2.24) is 0 Å². The first-order chi connectivity index (χ1) is 10.8. The van der Waals surface area contributed by atoms with Crippen molar-refractivity contribution in [3.8, 4) is 16.9 Å². The van der Waals surface area contributed by atoms with Crippen LogP contribution in [-0.4, -0.2) is 5.97 Å². The van der Waals surface area contributed by atoms with Crippen LogP contribution in [0.15, 0.2) is 78.9 Å². The average molecular weight is 288 g/mol. The molecule has 2 nitrogen and oxygen atoms in total. The van der Waals surface area contributed by atoms with E-state index in [0.29, 0.717) is 11.3 Å². The molecule has 0 aliphatic rings. The maximum absolute atomic E-state index is 12.3. The van der Waals surface area contributed by atoms with Crippen LogP contribution in [0.25, 0.3) is 11.1 Å². The minimum Gasteiger partial charge on any atom is -0.422 e. The molecule has 0 saturated carbocycles. The average Bonchev–Trinajstić information content (AvgIpc) is 2.58. The van der Waals surface area contributed by atoms with Crippen molar-refractivity contribution < 1.29 is 9.53 Å². The Kier molecular flexibility index (Phi) is 4.01. The minimum absolute atomic E-state index is 0.341. The summed E-state index contributed by atoms with van der Waals surface area (Å²) in [5.74, 6) is 0.273. The largest absolute Gasteiger partial charge is 0.422 e. The highest BCUT2D eigenvalue weighted by atomic mass is 16.5. The Hall–Kier alpha value is -2.87. The van der Waals surface area contributed by atoms with Gasteiger partial charge in [-0.15, -0.1) is 0 Å². The normalized spacial score (nSPS) is 10.2. The number of carbonyl (C=O) groups is 1. The number of para-hydroxylation sites is 1. The second kappa shape index (κ2) is 6.27. The first-order valence-electron chi connectivity index (χ1n) is 7.18. The highest BCUT2D eigenvalue weighted by Crippen LogP contribution is 2.33. The molecule has 3 aromatic rings. The van der Waals surface area contributed by atoms with Gasteiger partial charge in [0.25, 0.3) is 0 Å². The van der Waals surface area contributed by atoms with E-state index in [2.05, 4.69) is 0 Å². The van der Waals surface area contributed by atoms with E-state index in [1.165, 1.54) is 0 Å². The minimum atomic E-state index is -0.341. The van der Waals surface area contributed by atoms with E-state index in [0.717, 1.165) is 16.7 Å². The number of carbonyl (C=O) groups excluding carboxylic acids is 1. The molecule has 0 N–H and O–H groups in total. The highest BCUT2D eigenvalue weighted by Gasteiger charge is 2.14. The summed E-state index contributed by atoms with van der Waals surface area (Å²) in [7, 11) is 0. The topological polar surface area (TPSA) is 26.3 Å². The van der Waals surface area contributed by atoms with E-state index in [-0.39, 0.29) is 5.97 Å². The molecule has 0 aliphatic heterocycles. The fourth-order valence-electron chi connectivity index (χ4n) is 2.36. The lowest BCUT2D eigenvalue weighted by Gasteiger charge is -2.13. The van der Waals surface area contributed by atoms with Gasteiger partial charge in [-0.1, -0.05) is 66.7 Å². The lowest BCUT2D eigenvalue weighted by molar-refractivity contribution is 0.0734. The van der Waals surface area contributed by atoms with Gasteiger partial charge < -0.3 is 4.74 Å². The van der Waals surface area contributed by atoms with Gasteiger partial charge in [-0.3, -0.25) is 0 Å². The fraction of sp³-hybridized carbons (Fsp3) is 0.0500. The summed E-state index contributed by atoms with van der Waals surface area (Å²) in [5, 5.41) is 0. The molecule has 108 valence electrons. The number of ether oxygens (including phenoxy) is 1. The quantitative estimate of drug-likeness (QED) is 0.507. The second-order valence-corrected chi connectivity index (χ2v) is 5.07. The summed E-state index contributed by atoms with van der Waals surface area (Å²) in [6.45, 7) is 1.94. The first kappa shape index (κ1) is 14.1. The third-order valence-electron chi connectivity index (χ3n) is 3.50. The molecule has 0 saturated heterocycles. The van der Waals surface area contributed by atoms with E-state index in [1.807, 2.05) is 73.7 Å². The van der Waals surface area contributed by atoms with Gasteiger partial charge in [-0.2, -0.15) is 0 Å². The zero-order valence-electron chi connectivity index (χ0n) is 12.3. The molecule has 0 heterocycles. The van der Waals surface area contributed by atoms with E-state index in [4.69, 9.17) is 4.74 Å². The summed E-state index contributed by atoms with van der Waals surface area (Å²) in [4.78, 5) is 12.3. The molecule has 0 radical (unpaired) electrons. The van der Waals surface area contributed by atoms with Crippen LogP contribution < -0.4 is 4.74 Å². The smallest absolute Gasteiger partial charge is 0.343 e. The maximum atomic E-state index is 12.3. The van der Waals surface area contributed by atoms with E-state index in [1.54, 1.807) is 12.1 Å². The lowest BCUT2D eigenvalue weighted by atomic mass is 10.0. The van der Waals surface area contributed by atoms with Crippen LogP contribution in [0.2, 0.25) is 0 Å². The Bertz CT molecular complexity index is 777. The van der Waals surface area contributed by atoms with E-state index >= 15 is 0 Å². The molecule has 22 heavy (non-hydrogen) atoms. The molecule has 0 amide bonds. The Labute approximate surface area is 130 Å². The van der Waals surface area contributed by atoms with Crippen molar-refractivity contribution in [2.24, 2.45) is 0 Å². The molecule has 0 aliphatic carbocycles. The van der Waals surface area contributed by atoms with Crippen LogP contribution in [0, 0.1) is 6.92 Å². The number of hydrogen-bond donors (Lipinski definition) is 0. The molecule has 0 atom stereocenters. The molecule has 0 unspecified atom stereocenters. The third-order valence-corrected chi connectivity index (χ3v) is 3.50. The van der Waals surface area contributed by atoms with Crippen molar-refractivity contribution >= 4 is 5.97 Å². The monoisotopic (exact) mass is 288 g/mol. The van der Waals surface area contributed by atoms with E-state index < -0.39 is 0 Å². The molecular weight excluding hydrogens is 272 g/mol. The number of benzene rings is 3. The third kappa shape index (κ3) is 2.91. The van der Waals surface area contributed by atoms with Crippen molar-refractivity contribution in [3.05, 3.63) is 90.0 Å². The van der Waals surface area contributed by atoms with Crippen LogP contribution in [0.3, 0.4) is 0 Å². The van der Waals surface area contributed by atoms with Crippen molar-refractivity contribution in [1.29, 1.82) is 0 Å². The van der Waals surface area contributed by atoms with Crippen molar-refractivity contribution in [2.75, 3.05) is 0 Å². The van der Waals surface area contributed by atoms with Crippen LogP contribution in [0.4, 0.5) is 0 Å². The molecule has 0 aromatic heterocycles. The Morgan fingerprint density at radius 1 is 0.773 bits per heavy atom. The van der Waals surface area contributed by atoms with Gasteiger partial charge >= 0.3 is 5.97 Å². The molecular formula is C20H16O2. The zero-order chi connectivity index (χ0) is 15.4. The van der Waals surface area contributed by atoms with E-state index in [9.17, 15) is 4.79 Å². The summed E-state index contributed by atoms with van der Waals surface area (Å²) in [5.41, 5.74) is 3.43. The van der Waals surface area contributed by atoms with Gasteiger partial charge in [-0.05, 0) is 30.2 Å². The second-order valence-electron chi connectivity index (χ2n) is 5.07. The standard InChI is InChI=1S/C20H16O2/c1-15-9-8-14-18(16-10-4-2-5-11-16)19(15)22-20(21)17-12-6-3-7-13-17/h2-14H,1H3. The fourth-order valence-corrected chi connectivity index (χ4v) is 2.36. The molecule has 0 spiro atoms. The van der Waals surface area contributed by atoms with Gasteiger partial charge in [0, 0.05) is 5.56 Å². The zero-order valence-corrected chi connectivity index (χ0v) is 12.3. The van der Waals surface area contributed by atoms with Crippen LogP contribution in [0.1, 0.15) is 15.9 Å². The van der Waals surface area contributed by atoms with Gasteiger partial charge in [0.2, 0.25) is 0 Å². The molecule has 2 heteroatoms. The number of hydrogen-bond acceptors (Lipinski definition) is 2. The van der Waals surface area contributed by atoms with Gasteiger partial charge in [-0.25, -0.2) is 4.79 Å². The highest BCUT2D eigenvalue weighted by molar-refractivity contribution is 5.92. The Balaban J connectivity index is 1.99. The molecule has 0 bridgehead atoms. The summed E-state index contributed by atoms with van der Waals surface area (Å²) in [6, 6.07) is 24.8. The lowest BCUT2D eigenvalue weighted by Crippen LogP contribution is -2.09. The van der Waals surface area contributed by atoms with Gasteiger partial charge in [0.1, 0.15) is 5.75 Å². The van der Waals surface area contributed by atoms with Gasteiger partial charge in [0.15, 0.2) is 0 Å². The Morgan fingerprint density at radius 3 is 2.09 bits per heavy atom. The number of esters is 1. The predicted molar refractivity (Wildman–Crippen MR) is 88.0 cm³/mol. The maximum Gasteiger partial charge on any atom is 0.343 e. The summed E-state index contributed by atoms with van der Waals surface area (Å²) >= 11 is 0. The summed E-state index contributed by atoms with van der Waals surface area (Å²) in [6.07, 6.45) is 0. The van der Waals surface area contributed by atoms with Crippen LogP contribution in [-0.2, 0) is 0 Å². The van der Waals surface area contributed by atoms with Crippen molar-refractivity contribution in [2.45, 2.75) is 6.92 Å². The Morgan fingerprint density at radius 2 is 1.41 bits per heavy atom. The number of aryl methyl sites for hydroxylation is 1. The molecule has 0 fully saturated rings. The van der Waals surface area contributed by atoms with Crippen LogP contribution >= 0.6 is 0 Å². The molecule has 3 aromatic carbocycles. The SMILES string of the molecule is Cc1cccc(-c2ccccc2)c1OC(=O)c1ccccc1.